The van der Waals surface area contributed by atoms with Crippen molar-refractivity contribution in [2.45, 2.75) is 6.61 Å². The molecule has 0 aliphatic rings. The first-order valence-electron chi connectivity index (χ1n) is 7.63. The zero-order valence-electron chi connectivity index (χ0n) is 13.1. The highest BCUT2D eigenvalue weighted by atomic mass is 35.5. The van der Waals surface area contributed by atoms with Gasteiger partial charge in [0.05, 0.1) is 11.1 Å². The van der Waals surface area contributed by atoms with Gasteiger partial charge in [0.15, 0.2) is 0 Å². The number of ether oxygens (including phenoxy) is 1. The van der Waals surface area contributed by atoms with Crippen LogP contribution in [0.2, 0.25) is 5.02 Å². The number of nitrogens with one attached hydrogen (secondary N) is 1. The second kappa shape index (κ2) is 6.41. The van der Waals surface area contributed by atoms with Gasteiger partial charge >= 0.3 is 0 Å². The summed E-state index contributed by atoms with van der Waals surface area (Å²) in [7, 11) is 0. The fraction of sp³-hybridized carbons (Fsp3) is 0.0556. The number of aromatic amines is 1. The van der Waals surface area contributed by atoms with E-state index in [9.17, 15) is 0 Å². The highest BCUT2D eigenvalue weighted by Gasteiger charge is 2.14. The Kier molecular flexibility index (Phi) is 3.95. The van der Waals surface area contributed by atoms with Crippen LogP contribution in [0.3, 0.4) is 0 Å². The van der Waals surface area contributed by atoms with E-state index in [1.54, 1.807) is 18.5 Å². The number of aromatic nitrogens is 4. The largest absolute Gasteiger partial charge is 0.488 e. The molecule has 0 aliphatic carbocycles. The average molecular weight is 352 g/mol. The molecule has 0 spiro atoms. The lowest BCUT2D eigenvalue weighted by Crippen LogP contribution is -1.98. The molecule has 0 amide bonds. The van der Waals surface area contributed by atoms with Crippen molar-refractivity contribution in [3.8, 4) is 17.0 Å². The zero-order chi connectivity index (χ0) is 17.2. The van der Waals surface area contributed by atoms with E-state index >= 15 is 0 Å². The van der Waals surface area contributed by atoms with Gasteiger partial charge in [-0.05, 0) is 18.2 Å². The SMILES string of the molecule is Nc1nccc(-c2c[nH]c3nccc(OCc4ccccc4Cl)c23)n1. The van der Waals surface area contributed by atoms with Gasteiger partial charge in [-0.15, -0.1) is 0 Å². The van der Waals surface area contributed by atoms with E-state index in [-0.39, 0.29) is 5.95 Å². The van der Waals surface area contributed by atoms with Gasteiger partial charge in [-0.2, -0.15) is 0 Å². The number of nitrogen functional groups attached to an aromatic ring is 1. The molecule has 0 atom stereocenters. The molecule has 7 heteroatoms. The first-order valence-corrected chi connectivity index (χ1v) is 8.01. The molecule has 1 aromatic carbocycles. The third-order valence-electron chi connectivity index (χ3n) is 3.83. The highest BCUT2D eigenvalue weighted by molar-refractivity contribution is 6.31. The van der Waals surface area contributed by atoms with Crippen molar-refractivity contribution in [2.75, 3.05) is 5.73 Å². The van der Waals surface area contributed by atoms with Gasteiger partial charge in [0.1, 0.15) is 18.0 Å². The molecule has 3 N–H and O–H groups in total. The van der Waals surface area contributed by atoms with Gasteiger partial charge in [-0.3, -0.25) is 0 Å². The third kappa shape index (κ3) is 2.99. The summed E-state index contributed by atoms with van der Waals surface area (Å²) < 4.78 is 6.02. The Labute approximate surface area is 148 Å². The second-order valence-electron chi connectivity index (χ2n) is 5.42. The number of hydrogen-bond acceptors (Lipinski definition) is 5. The Morgan fingerprint density at radius 2 is 1.92 bits per heavy atom. The van der Waals surface area contributed by atoms with E-state index in [0.29, 0.717) is 28.7 Å². The van der Waals surface area contributed by atoms with Gasteiger partial charge in [0.25, 0.3) is 0 Å². The summed E-state index contributed by atoms with van der Waals surface area (Å²) in [6, 6.07) is 11.2. The zero-order valence-corrected chi connectivity index (χ0v) is 13.9. The smallest absolute Gasteiger partial charge is 0.220 e. The maximum Gasteiger partial charge on any atom is 0.220 e. The topological polar surface area (TPSA) is 89.7 Å². The number of hydrogen-bond donors (Lipinski definition) is 2. The summed E-state index contributed by atoms with van der Waals surface area (Å²) in [5.74, 6) is 0.910. The molecule has 3 heterocycles. The van der Waals surface area contributed by atoms with Crippen LogP contribution in [-0.2, 0) is 6.61 Å². The molecule has 4 rings (SSSR count). The van der Waals surface area contributed by atoms with Gasteiger partial charge in [-0.25, -0.2) is 15.0 Å². The molecule has 0 saturated carbocycles. The molecule has 0 bridgehead atoms. The Bertz CT molecular complexity index is 1050. The molecule has 0 saturated heterocycles. The van der Waals surface area contributed by atoms with Gasteiger partial charge in [-0.1, -0.05) is 29.8 Å². The van der Waals surface area contributed by atoms with Crippen molar-refractivity contribution in [3.63, 3.8) is 0 Å². The molecule has 0 fully saturated rings. The average Bonchev–Trinajstić information content (AvgIpc) is 3.06. The van der Waals surface area contributed by atoms with Crippen molar-refractivity contribution in [2.24, 2.45) is 0 Å². The minimum Gasteiger partial charge on any atom is -0.488 e. The second-order valence-corrected chi connectivity index (χ2v) is 5.82. The lowest BCUT2D eigenvalue weighted by Gasteiger charge is -2.10. The molecular weight excluding hydrogens is 338 g/mol. The van der Waals surface area contributed by atoms with E-state index in [1.165, 1.54) is 0 Å². The van der Waals surface area contributed by atoms with Gasteiger partial charge < -0.3 is 15.5 Å². The molecule has 0 radical (unpaired) electrons. The molecule has 0 unspecified atom stereocenters. The summed E-state index contributed by atoms with van der Waals surface area (Å²) in [5, 5.41) is 1.51. The van der Waals surface area contributed by atoms with Crippen LogP contribution in [0.1, 0.15) is 5.56 Å². The molecular formula is C18H14ClN5O. The Morgan fingerprint density at radius 3 is 2.76 bits per heavy atom. The lowest BCUT2D eigenvalue weighted by atomic mass is 10.1. The van der Waals surface area contributed by atoms with Crippen molar-refractivity contribution >= 4 is 28.6 Å². The number of rotatable bonds is 4. The summed E-state index contributed by atoms with van der Waals surface area (Å²) >= 11 is 6.20. The minimum absolute atomic E-state index is 0.217. The number of benzene rings is 1. The molecule has 4 aromatic rings. The summed E-state index contributed by atoms with van der Waals surface area (Å²) in [5.41, 5.74) is 8.89. The molecule has 3 aromatic heterocycles. The summed E-state index contributed by atoms with van der Waals surface area (Å²) in [4.78, 5) is 15.7. The van der Waals surface area contributed by atoms with Crippen LogP contribution in [-0.4, -0.2) is 19.9 Å². The summed E-state index contributed by atoms with van der Waals surface area (Å²) in [6.45, 7) is 0.356. The molecule has 25 heavy (non-hydrogen) atoms. The van der Waals surface area contributed by atoms with Crippen molar-refractivity contribution in [1.29, 1.82) is 0 Å². The normalized spacial score (nSPS) is 10.9. The number of halogens is 1. The minimum atomic E-state index is 0.217. The molecule has 6 nitrogen and oxygen atoms in total. The lowest BCUT2D eigenvalue weighted by molar-refractivity contribution is 0.310. The van der Waals surface area contributed by atoms with E-state index in [2.05, 4.69) is 19.9 Å². The van der Waals surface area contributed by atoms with Crippen LogP contribution in [0.5, 0.6) is 5.75 Å². The third-order valence-corrected chi connectivity index (χ3v) is 4.20. The van der Waals surface area contributed by atoms with Gasteiger partial charge in [0, 0.05) is 34.7 Å². The number of anilines is 1. The summed E-state index contributed by atoms with van der Waals surface area (Å²) in [6.07, 6.45) is 5.15. The number of pyridine rings is 1. The maximum absolute atomic E-state index is 6.20. The van der Waals surface area contributed by atoms with Crippen LogP contribution in [0, 0.1) is 0 Å². The first-order chi connectivity index (χ1) is 12.2. The van der Waals surface area contributed by atoms with Crippen LogP contribution in [0.15, 0.2) is 55.0 Å². The monoisotopic (exact) mass is 351 g/mol. The quantitative estimate of drug-likeness (QED) is 0.583. The number of H-pyrrole nitrogens is 1. The Hall–Kier alpha value is -3.12. The molecule has 124 valence electrons. The first kappa shape index (κ1) is 15.4. The van der Waals surface area contributed by atoms with E-state index in [4.69, 9.17) is 22.1 Å². The van der Waals surface area contributed by atoms with Crippen molar-refractivity contribution in [1.82, 2.24) is 19.9 Å². The predicted octanol–water partition coefficient (Wildman–Crippen LogP) is 3.83. The van der Waals surface area contributed by atoms with E-state index in [0.717, 1.165) is 16.5 Å². The fourth-order valence-electron chi connectivity index (χ4n) is 2.64. The van der Waals surface area contributed by atoms with E-state index < -0.39 is 0 Å². The number of nitrogens with two attached hydrogens (primary N) is 1. The number of nitrogens with zero attached hydrogens (tertiary/aromatic N) is 3. The maximum atomic E-state index is 6.20. The predicted molar refractivity (Wildman–Crippen MR) is 97.3 cm³/mol. The fourth-order valence-corrected chi connectivity index (χ4v) is 2.83. The van der Waals surface area contributed by atoms with Crippen molar-refractivity contribution in [3.05, 3.63) is 65.6 Å². The standard InChI is InChI=1S/C18H14ClN5O/c19-13-4-2-1-3-11(13)10-25-15-6-8-21-17-16(15)12(9-23-17)14-5-7-22-18(20)24-14/h1-9H,10H2,(H,21,23)(H2,20,22,24). The van der Waals surface area contributed by atoms with Crippen LogP contribution < -0.4 is 10.5 Å². The van der Waals surface area contributed by atoms with Crippen LogP contribution >= 0.6 is 11.6 Å². The van der Waals surface area contributed by atoms with Crippen LogP contribution in [0.25, 0.3) is 22.3 Å². The van der Waals surface area contributed by atoms with Crippen LogP contribution in [0.4, 0.5) is 5.95 Å². The van der Waals surface area contributed by atoms with Gasteiger partial charge in [0.2, 0.25) is 5.95 Å². The van der Waals surface area contributed by atoms with E-state index in [1.807, 2.05) is 36.5 Å². The Balaban J connectivity index is 1.74. The molecule has 0 aliphatic heterocycles. The van der Waals surface area contributed by atoms with Crippen molar-refractivity contribution < 1.29 is 4.74 Å². The Morgan fingerprint density at radius 1 is 1.08 bits per heavy atom. The number of fused-ring (bicyclic) bond motifs is 1. The highest BCUT2D eigenvalue weighted by Crippen LogP contribution is 2.34.